The van der Waals surface area contributed by atoms with Crippen LogP contribution in [0.4, 0.5) is 0 Å². The van der Waals surface area contributed by atoms with Crippen LogP contribution >= 0.6 is 11.6 Å². The monoisotopic (exact) mass is 380 g/mol. The van der Waals surface area contributed by atoms with Crippen LogP contribution in [0.3, 0.4) is 0 Å². The predicted molar refractivity (Wildman–Crippen MR) is 112 cm³/mol. The molecule has 1 heterocycles. The Balaban J connectivity index is 1.88. The first-order valence-corrected chi connectivity index (χ1v) is 10.9. The Morgan fingerprint density at radius 1 is 1.12 bits per heavy atom. The fourth-order valence-corrected chi connectivity index (χ4v) is 4.43. The molecule has 0 amide bonds. The first kappa shape index (κ1) is 21.7. The van der Waals surface area contributed by atoms with Crippen molar-refractivity contribution in [2.24, 2.45) is 17.8 Å². The summed E-state index contributed by atoms with van der Waals surface area (Å²) in [5, 5.41) is 3.31. The summed E-state index contributed by atoms with van der Waals surface area (Å²) in [4.78, 5) is 0. The summed E-state index contributed by atoms with van der Waals surface area (Å²) in [6.45, 7) is 13.6. The van der Waals surface area contributed by atoms with Crippen LogP contribution in [-0.4, -0.2) is 18.8 Å². The van der Waals surface area contributed by atoms with Crippen molar-refractivity contribution in [1.29, 1.82) is 0 Å². The third-order valence-corrected chi connectivity index (χ3v) is 6.22. The van der Waals surface area contributed by atoms with Gasteiger partial charge in [-0.2, -0.15) is 0 Å². The third-order valence-electron chi connectivity index (χ3n) is 5.97. The van der Waals surface area contributed by atoms with Gasteiger partial charge in [0.1, 0.15) is 6.04 Å². The lowest BCUT2D eigenvalue weighted by Gasteiger charge is -2.39. The lowest BCUT2D eigenvalue weighted by atomic mass is 9.75. The fraction of sp³-hybridized carbons (Fsp3) is 0.739. The molecule has 1 fully saturated rings. The number of benzene rings is 1. The van der Waals surface area contributed by atoms with Gasteiger partial charge < -0.3 is 10.1 Å². The Kier molecular flexibility index (Phi) is 8.44. The normalized spacial score (nSPS) is 22.3. The zero-order chi connectivity index (χ0) is 19.2. The summed E-state index contributed by atoms with van der Waals surface area (Å²) >= 11 is 6.01. The molecule has 3 heteroatoms. The van der Waals surface area contributed by atoms with E-state index in [2.05, 4.69) is 52.1 Å². The van der Waals surface area contributed by atoms with E-state index in [0.717, 1.165) is 29.4 Å². The molecule has 2 rings (SSSR count). The van der Waals surface area contributed by atoms with E-state index in [-0.39, 0.29) is 5.60 Å². The molecule has 0 aliphatic carbocycles. The van der Waals surface area contributed by atoms with Crippen LogP contribution in [0.5, 0.6) is 0 Å². The van der Waals surface area contributed by atoms with Gasteiger partial charge >= 0.3 is 0 Å². The SMILES string of the molecule is CC(C)CC[C@@H](CC[NH2+][C@@H](C)c1ccc(Cl)cc1)[C@@H]1CCOC(C)(C)C1. The number of hydrogen-bond acceptors (Lipinski definition) is 1. The van der Waals surface area contributed by atoms with Gasteiger partial charge in [0.15, 0.2) is 0 Å². The minimum absolute atomic E-state index is 0.0549. The van der Waals surface area contributed by atoms with Crippen molar-refractivity contribution in [3.63, 3.8) is 0 Å². The zero-order valence-corrected chi connectivity index (χ0v) is 18.2. The molecule has 0 radical (unpaired) electrons. The Bertz CT molecular complexity index is 526. The van der Waals surface area contributed by atoms with Crippen LogP contribution in [0.15, 0.2) is 24.3 Å². The van der Waals surface area contributed by atoms with Crippen LogP contribution < -0.4 is 5.32 Å². The van der Waals surface area contributed by atoms with Crippen molar-refractivity contribution in [3.8, 4) is 0 Å². The van der Waals surface area contributed by atoms with Gasteiger partial charge in [-0.05, 0) is 76.3 Å². The minimum atomic E-state index is 0.0549. The van der Waals surface area contributed by atoms with Gasteiger partial charge in [-0.1, -0.05) is 44.0 Å². The Morgan fingerprint density at radius 2 is 1.81 bits per heavy atom. The standard InChI is InChI=1S/C23H38ClNO/c1-17(2)6-7-20(21-13-15-26-23(4,5)16-21)12-14-25-18(3)19-8-10-22(24)11-9-19/h8-11,17-18,20-21,25H,6-7,12-16H2,1-5H3/p+1/t18-,20-,21+/m0/s1. The maximum absolute atomic E-state index is 6.01. The molecule has 1 aliphatic rings. The molecule has 1 aromatic carbocycles. The van der Waals surface area contributed by atoms with E-state index < -0.39 is 0 Å². The summed E-state index contributed by atoms with van der Waals surface area (Å²) in [7, 11) is 0. The summed E-state index contributed by atoms with van der Waals surface area (Å²) in [6, 6.07) is 8.79. The van der Waals surface area contributed by atoms with Crippen molar-refractivity contribution in [1.82, 2.24) is 0 Å². The first-order chi connectivity index (χ1) is 12.3. The second kappa shape index (κ2) is 10.1. The van der Waals surface area contributed by atoms with Gasteiger partial charge in [0.25, 0.3) is 0 Å². The molecule has 148 valence electrons. The average Bonchev–Trinajstić information content (AvgIpc) is 2.57. The molecule has 1 aromatic rings. The second-order valence-electron chi connectivity index (χ2n) is 9.25. The summed E-state index contributed by atoms with van der Waals surface area (Å²) in [5.74, 6) is 2.44. The molecule has 0 aromatic heterocycles. The van der Waals surface area contributed by atoms with E-state index in [1.54, 1.807) is 0 Å². The first-order valence-electron chi connectivity index (χ1n) is 10.5. The van der Waals surface area contributed by atoms with Gasteiger partial charge in [0.2, 0.25) is 0 Å². The lowest BCUT2D eigenvalue weighted by Crippen LogP contribution is -2.84. The Labute approximate surface area is 166 Å². The Hall–Kier alpha value is -0.570. The smallest absolute Gasteiger partial charge is 0.109 e. The molecule has 0 spiro atoms. The molecule has 1 aliphatic heterocycles. The fourth-order valence-electron chi connectivity index (χ4n) is 4.31. The maximum Gasteiger partial charge on any atom is 0.109 e. The number of hydrogen-bond donors (Lipinski definition) is 1. The summed E-state index contributed by atoms with van der Waals surface area (Å²) in [5.41, 5.74) is 1.42. The second-order valence-corrected chi connectivity index (χ2v) is 9.68. The van der Waals surface area contributed by atoms with Crippen LogP contribution in [-0.2, 0) is 4.74 Å². The number of quaternary nitrogens is 1. The van der Waals surface area contributed by atoms with Crippen molar-refractivity contribution in [2.75, 3.05) is 13.2 Å². The van der Waals surface area contributed by atoms with Crippen LogP contribution in [0.2, 0.25) is 5.02 Å². The van der Waals surface area contributed by atoms with E-state index >= 15 is 0 Å². The highest BCUT2D eigenvalue weighted by Gasteiger charge is 2.33. The summed E-state index contributed by atoms with van der Waals surface area (Å²) < 4.78 is 5.96. The highest BCUT2D eigenvalue weighted by molar-refractivity contribution is 6.30. The van der Waals surface area contributed by atoms with Crippen molar-refractivity contribution < 1.29 is 10.1 Å². The van der Waals surface area contributed by atoms with Crippen LogP contribution in [0.1, 0.15) is 78.3 Å². The average molecular weight is 381 g/mol. The Morgan fingerprint density at radius 3 is 2.42 bits per heavy atom. The predicted octanol–water partition coefficient (Wildman–Crippen LogP) is 5.61. The van der Waals surface area contributed by atoms with E-state index in [1.165, 1.54) is 44.2 Å². The molecule has 0 unspecified atom stereocenters. The van der Waals surface area contributed by atoms with Crippen LogP contribution in [0, 0.1) is 17.8 Å². The van der Waals surface area contributed by atoms with Crippen LogP contribution in [0.25, 0.3) is 0 Å². The quantitative estimate of drug-likeness (QED) is 0.591. The number of ether oxygens (including phenoxy) is 1. The molecule has 1 saturated heterocycles. The van der Waals surface area contributed by atoms with E-state index in [9.17, 15) is 0 Å². The van der Waals surface area contributed by atoms with E-state index in [0.29, 0.717) is 6.04 Å². The maximum atomic E-state index is 6.01. The molecular weight excluding hydrogens is 342 g/mol. The van der Waals surface area contributed by atoms with Gasteiger partial charge in [0.05, 0.1) is 12.1 Å². The van der Waals surface area contributed by atoms with E-state index in [1.807, 2.05) is 12.1 Å². The molecule has 0 saturated carbocycles. The highest BCUT2D eigenvalue weighted by atomic mass is 35.5. The van der Waals surface area contributed by atoms with Crippen molar-refractivity contribution in [3.05, 3.63) is 34.9 Å². The third kappa shape index (κ3) is 7.21. The van der Waals surface area contributed by atoms with Gasteiger partial charge in [-0.3, -0.25) is 0 Å². The van der Waals surface area contributed by atoms with E-state index in [4.69, 9.17) is 16.3 Å². The molecule has 0 bridgehead atoms. The zero-order valence-electron chi connectivity index (χ0n) is 17.4. The van der Waals surface area contributed by atoms with Gasteiger partial charge in [-0.15, -0.1) is 0 Å². The highest BCUT2D eigenvalue weighted by Crippen LogP contribution is 2.37. The summed E-state index contributed by atoms with van der Waals surface area (Å²) in [6.07, 6.45) is 6.46. The van der Waals surface area contributed by atoms with Crippen molar-refractivity contribution >= 4 is 11.6 Å². The molecule has 26 heavy (non-hydrogen) atoms. The number of nitrogens with two attached hydrogens (primary N) is 1. The molecule has 3 atom stereocenters. The van der Waals surface area contributed by atoms with Gasteiger partial charge in [-0.25, -0.2) is 0 Å². The lowest BCUT2D eigenvalue weighted by molar-refractivity contribution is -0.693. The van der Waals surface area contributed by atoms with Crippen molar-refractivity contribution in [2.45, 2.75) is 78.4 Å². The minimum Gasteiger partial charge on any atom is -0.376 e. The van der Waals surface area contributed by atoms with Gasteiger partial charge in [0, 0.05) is 17.2 Å². The molecular formula is C23H39ClNO+. The number of halogens is 1. The number of rotatable bonds is 9. The molecule has 2 nitrogen and oxygen atoms in total. The largest absolute Gasteiger partial charge is 0.376 e. The molecule has 2 N–H and O–H groups in total. The topological polar surface area (TPSA) is 25.8 Å².